The molecule has 1 unspecified atom stereocenters. The highest BCUT2D eigenvalue weighted by Crippen LogP contribution is 2.22. The van der Waals surface area contributed by atoms with Crippen molar-refractivity contribution < 1.29 is 9.84 Å². The maximum Gasteiger partial charge on any atom is 0.105 e. The van der Waals surface area contributed by atoms with Crippen molar-refractivity contribution in [2.75, 3.05) is 13.7 Å². The van der Waals surface area contributed by atoms with Crippen LogP contribution in [0.4, 0.5) is 0 Å². The van der Waals surface area contributed by atoms with Crippen LogP contribution in [0.3, 0.4) is 0 Å². The minimum Gasteiger partial charge on any atom is -0.392 e. The molecule has 0 heterocycles. The zero-order valence-corrected chi connectivity index (χ0v) is 7.73. The lowest BCUT2D eigenvalue weighted by atomic mass is 10.0. The standard InChI is InChI=1S/C11H14O2/c1-9(8-12)11(13-2)10-6-4-3-5-7-10/h3-7,11-12H,1,8H2,2H3. The number of methoxy groups -OCH3 is 1. The third-order valence-electron chi connectivity index (χ3n) is 1.91. The quantitative estimate of drug-likeness (QED) is 0.714. The second-order valence-electron chi connectivity index (χ2n) is 2.84. The lowest BCUT2D eigenvalue weighted by molar-refractivity contribution is 0.121. The summed E-state index contributed by atoms with van der Waals surface area (Å²) < 4.78 is 5.23. The van der Waals surface area contributed by atoms with Gasteiger partial charge in [-0.2, -0.15) is 0 Å². The van der Waals surface area contributed by atoms with Gasteiger partial charge in [0.2, 0.25) is 0 Å². The van der Waals surface area contributed by atoms with Crippen LogP contribution in [0.15, 0.2) is 42.5 Å². The van der Waals surface area contributed by atoms with E-state index in [1.54, 1.807) is 7.11 Å². The summed E-state index contributed by atoms with van der Waals surface area (Å²) in [6.07, 6.45) is -0.203. The van der Waals surface area contributed by atoms with Gasteiger partial charge in [0, 0.05) is 7.11 Å². The summed E-state index contributed by atoms with van der Waals surface area (Å²) >= 11 is 0. The number of hydrogen-bond donors (Lipinski definition) is 1. The van der Waals surface area contributed by atoms with Gasteiger partial charge in [-0.05, 0) is 11.1 Å². The van der Waals surface area contributed by atoms with E-state index >= 15 is 0 Å². The van der Waals surface area contributed by atoms with Crippen molar-refractivity contribution in [3.8, 4) is 0 Å². The van der Waals surface area contributed by atoms with Gasteiger partial charge in [-0.25, -0.2) is 0 Å². The van der Waals surface area contributed by atoms with E-state index in [2.05, 4.69) is 6.58 Å². The van der Waals surface area contributed by atoms with Crippen molar-refractivity contribution in [1.82, 2.24) is 0 Å². The van der Waals surface area contributed by atoms with Crippen molar-refractivity contribution in [3.63, 3.8) is 0 Å². The Kier molecular flexibility index (Phi) is 3.68. The molecule has 1 N–H and O–H groups in total. The fraction of sp³-hybridized carbons (Fsp3) is 0.273. The average Bonchev–Trinajstić information content (AvgIpc) is 2.20. The highest BCUT2D eigenvalue weighted by atomic mass is 16.5. The maximum atomic E-state index is 8.92. The first-order valence-electron chi connectivity index (χ1n) is 4.16. The maximum absolute atomic E-state index is 8.92. The highest BCUT2D eigenvalue weighted by Gasteiger charge is 2.12. The Morgan fingerprint density at radius 3 is 2.54 bits per heavy atom. The molecule has 70 valence electrons. The lowest BCUT2D eigenvalue weighted by Crippen LogP contribution is -2.06. The van der Waals surface area contributed by atoms with Gasteiger partial charge in [-0.3, -0.25) is 0 Å². The summed E-state index contributed by atoms with van der Waals surface area (Å²) in [7, 11) is 1.61. The molecule has 0 spiro atoms. The summed E-state index contributed by atoms with van der Waals surface area (Å²) in [6.45, 7) is 3.70. The molecule has 13 heavy (non-hydrogen) atoms. The molecule has 1 atom stereocenters. The first-order chi connectivity index (χ1) is 6.29. The molecule has 0 aliphatic heterocycles. The van der Waals surface area contributed by atoms with Crippen molar-refractivity contribution in [3.05, 3.63) is 48.0 Å². The SMILES string of the molecule is C=C(CO)C(OC)c1ccccc1. The molecule has 0 saturated heterocycles. The molecule has 1 aromatic rings. The summed E-state index contributed by atoms with van der Waals surface area (Å²) in [4.78, 5) is 0. The first kappa shape index (κ1) is 9.96. The predicted molar refractivity (Wildman–Crippen MR) is 52.4 cm³/mol. The van der Waals surface area contributed by atoms with Crippen LogP contribution in [0, 0.1) is 0 Å². The van der Waals surface area contributed by atoms with Gasteiger partial charge in [0.1, 0.15) is 6.10 Å². The Balaban J connectivity index is 2.85. The van der Waals surface area contributed by atoms with Crippen molar-refractivity contribution in [2.24, 2.45) is 0 Å². The fourth-order valence-electron chi connectivity index (χ4n) is 1.25. The smallest absolute Gasteiger partial charge is 0.105 e. The zero-order valence-electron chi connectivity index (χ0n) is 7.73. The van der Waals surface area contributed by atoms with Gasteiger partial charge in [0.15, 0.2) is 0 Å². The Morgan fingerprint density at radius 2 is 2.08 bits per heavy atom. The first-order valence-corrected chi connectivity index (χ1v) is 4.16. The third-order valence-corrected chi connectivity index (χ3v) is 1.91. The predicted octanol–water partition coefficient (Wildman–Crippen LogP) is 1.92. The van der Waals surface area contributed by atoms with Gasteiger partial charge >= 0.3 is 0 Å². The second-order valence-corrected chi connectivity index (χ2v) is 2.84. The molecule has 0 saturated carbocycles. The summed E-state index contributed by atoms with van der Waals surface area (Å²) in [5, 5.41) is 8.92. The van der Waals surface area contributed by atoms with E-state index in [4.69, 9.17) is 9.84 Å². The molecule has 2 nitrogen and oxygen atoms in total. The number of rotatable bonds is 4. The topological polar surface area (TPSA) is 29.5 Å². The molecule has 0 amide bonds. The van der Waals surface area contributed by atoms with Crippen LogP contribution in [0.2, 0.25) is 0 Å². The Bertz CT molecular complexity index is 267. The van der Waals surface area contributed by atoms with E-state index in [-0.39, 0.29) is 12.7 Å². The number of aliphatic hydroxyl groups excluding tert-OH is 1. The van der Waals surface area contributed by atoms with Crippen LogP contribution in [-0.2, 0) is 4.74 Å². The minimum absolute atomic E-state index is 0.0482. The molecule has 0 bridgehead atoms. The number of hydrogen-bond acceptors (Lipinski definition) is 2. The fourth-order valence-corrected chi connectivity index (χ4v) is 1.25. The van der Waals surface area contributed by atoms with E-state index in [9.17, 15) is 0 Å². The zero-order chi connectivity index (χ0) is 9.68. The molecule has 0 aliphatic carbocycles. The van der Waals surface area contributed by atoms with Crippen LogP contribution in [0.1, 0.15) is 11.7 Å². The van der Waals surface area contributed by atoms with Crippen LogP contribution >= 0.6 is 0 Å². The van der Waals surface area contributed by atoms with Crippen LogP contribution in [0.25, 0.3) is 0 Å². The number of ether oxygens (including phenoxy) is 1. The largest absolute Gasteiger partial charge is 0.392 e. The molecule has 0 aliphatic rings. The second kappa shape index (κ2) is 4.80. The van der Waals surface area contributed by atoms with Gasteiger partial charge in [0.05, 0.1) is 6.61 Å². The summed E-state index contributed by atoms with van der Waals surface area (Å²) in [5.41, 5.74) is 1.69. The van der Waals surface area contributed by atoms with Crippen LogP contribution in [-0.4, -0.2) is 18.8 Å². The van der Waals surface area contributed by atoms with Gasteiger partial charge in [-0.15, -0.1) is 0 Å². The molecule has 1 aromatic carbocycles. The summed E-state index contributed by atoms with van der Waals surface area (Å²) in [5.74, 6) is 0. The number of benzene rings is 1. The van der Waals surface area contributed by atoms with Crippen LogP contribution < -0.4 is 0 Å². The van der Waals surface area contributed by atoms with Crippen molar-refractivity contribution in [2.45, 2.75) is 6.10 Å². The van der Waals surface area contributed by atoms with Gasteiger partial charge in [-0.1, -0.05) is 36.9 Å². The Morgan fingerprint density at radius 1 is 1.46 bits per heavy atom. The molecular formula is C11H14O2. The average molecular weight is 178 g/mol. The Labute approximate surface area is 78.5 Å². The van der Waals surface area contributed by atoms with E-state index in [0.29, 0.717) is 5.57 Å². The molecule has 1 rings (SSSR count). The molecule has 0 aromatic heterocycles. The molecule has 0 fully saturated rings. The van der Waals surface area contributed by atoms with E-state index in [1.807, 2.05) is 30.3 Å². The minimum atomic E-state index is -0.203. The van der Waals surface area contributed by atoms with Crippen LogP contribution in [0.5, 0.6) is 0 Å². The highest BCUT2D eigenvalue weighted by molar-refractivity contribution is 5.25. The van der Waals surface area contributed by atoms with E-state index < -0.39 is 0 Å². The van der Waals surface area contributed by atoms with Crippen molar-refractivity contribution >= 4 is 0 Å². The molecular weight excluding hydrogens is 164 g/mol. The lowest BCUT2D eigenvalue weighted by Gasteiger charge is -2.16. The van der Waals surface area contributed by atoms with Gasteiger partial charge < -0.3 is 9.84 Å². The normalized spacial score (nSPS) is 12.5. The van der Waals surface area contributed by atoms with E-state index in [1.165, 1.54) is 0 Å². The molecule has 0 radical (unpaired) electrons. The Hall–Kier alpha value is -1.12. The van der Waals surface area contributed by atoms with Crippen molar-refractivity contribution in [1.29, 1.82) is 0 Å². The summed E-state index contributed by atoms with van der Waals surface area (Å²) in [6, 6.07) is 9.72. The number of aliphatic hydroxyl groups is 1. The van der Waals surface area contributed by atoms with Gasteiger partial charge in [0.25, 0.3) is 0 Å². The third kappa shape index (κ3) is 2.41. The monoisotopic (exact) mass is 178 g/mol. The molecule has 2 heteroatoms. The van der Waals surface area contributed by atoms with E-state index in [0.717, 1.165) is 5.56 Å².